The number of pyridine rings is 1. The SMILES string of the molecule is C=CNC.CC(C)(O)CCOc1ccc(-c2cn(-c3ccc(N)nc3)c3nc[nH]c(=O)c23)cc1. The molecule has 0 aliphatic rings. The number of nitrogens with one attached hydrogen (secondary N) is 2. The number of benzene rings is 1. The van der Waals surface area contributed by atoms with Gasteiger partial charge in [0.25, 0.3) is 5.56 Å². The summed E-state index contributed by atoms with van der Waals surface area (Å²) in [4.78, 5) is 23.7. The van der Waals surface area contributed by atoms with Gasteiger partial charge in [-0.05, 0) is 49.9 Å². The van der Waals surface area contributed by atoms with Gasteiger partial charge in [-0.1, -0.05) is 18.7 Å². The van der Waals surface area contributed by atoms with Gasteiger partial charge in [0.2, 0.25) is 0 Å². The molecule has 4 aromatic rings. The molecule has 1 aromatic carbocycles. The van der Waals surface area contributed by atoms with Gasteiger partial charge in [-0.3, -0.25) is 9.36 Å². The van der Waals surface area contributed by atoms with Crippen molar-refractivity contribution in [3.05, 3.63) is 78.3 Å². The van der Waals surface area contributed by atoms with Crippen molar-refractivity contribution in [1.29, 1.82) is 0 Å². The predicted molar refractivity (Wildman–Crippen MR) is 135 cm³/mol. The Kier molecular flexibility index (Phi) is 7.70. The summed E-state index contributed by atoms with van der Waals surface area (Å²) in [7, 11) is 1.81. The molecule has 34 heavy (non-hydrogen) atoms. The van der Waals surface area contributed by atoms with Gasteiger partial charge >= 0.3 is 0 Å². The van der Waals surface area contributed by atoms with Crippen molar-refractivity contribution in [2.75, 3.05) is 19.4 Å². The first kappa shape index (κ1) is 24.5. The average Bonchev–Trinajstić information content (AvgIpc) is 3.20. The van der Waals surface area contributed by atoms with Crippen LogP contribution in [-0.2, 0) is 0 Å². The number of aliphatic hydroxyl groups is 1. The first-order valence-electron chi connectivity index (χ1n) is 10.8. The van der Waals surface area contributed by atoms with E-state index in [2.05, 4.69) is 26.8 Å². The number of H-pyrrole nitrogens is 1. The van der Waals surface area contributed by atoms with E-state index in [1.807, 2.05) is 48.1 Å². The molecule has 178 valence electrons. The summed E-state index contributed by atoms with van der Waals surface area (Å²) in [6.07, 6.45) is 7.04. The summed E-state index contributed by atoms with van der Waals surface area (Å²) < 4.78 is 7.52. The predicted octanol–water partition coefficient (Wildman–Crippen LogP) is 3.25. The van der Waals surface area contributed by atoms with E-state index in [0.29, 0.717) is 35.6 Å². The molecule has 4 rings (SSSR count). The van der Waals surface area contributed by atoms with Crippen LogP contribution in [0.5, 0.6) is 5.75 Å². The second-order valence-electron chi connectivity index (χ2n) is 8.21. The Balaban J connectivity index is 0.000000751. The van der Waals surface area contributed by atoms with Crippen molar-refractivity contribution in [1.82, 2.24) is 24.8 Å². The fraction of sp³-hybridized carbons (Fsp3) is 0.240. The summed E-state index contributed by atoms with van der Waals surface area (Å²) in [5.41, 5.74) is 7.60. The number of fused-ring (bicyclic) bond motifs is 1. The Hall–Kier alpha value is -4.11. The molecule has 0 aliphatic heterocycles. The fourth-order valence-electron chi connectivity index (χ4n) is 3.18. The zero-order valence-corrected chi connectivity index (χ0v) is 19.6. The highest BCUT2D eigenvalue weighted by Gasteiger charge is 2.16. The van der Waals surface area contributed by atoms with Crippen LogP contribution in [-0.4, -0.2) is 43.9 Å². The fourth-order valence-corrected chi connectivity index (χ4v) is 3.18. The van der Waals surface area contributed by atoms with Crippen LogP contribution in [0.2, 0.25) is 0 Å². The smallest absolute Gasteiger partial charge is 0.260 e. The minimum atomic E-state index is -0.771. The van der Waals surface area contributed by atoms with Crippen molar-refractivity contribution in [2.24, 2.45) is 0 Å². The normalized spacial score (nSPS) is 10.9. The number of aromatic amines is 1. The van der Waals surface area contributed by atoms with Gasteiger partial charge in [0.05, 0.1) is 35.8 Å². The Labute approximate surface area is 198 Å². The molecule has 0 saturated heterocycles. The van der Waals surface area contributed by atoms with E-state index in [9.17, 15) is 9.90 Å². The van der Waals surface area contributed by atoms with Gasteiger partial charge in [-0.25, -0.2) is 9.97 Å². The highest BCUT2D eigenvalue weighted by atomic mass is 16.5. The van der Waals surface area contributed by atoms with Crippen LogP contribution >= 0.6 is 0 Å². The number of ether oxygens (including phenoxy) is 1. The Bertz CT molecular complexity index is 1290. The Morgan fingerprint density at radius 3 is 2.53 bits per heavy atom. The number of nitrogens with zero attached hydrogens (tertiary/aromatic N) is 3. The Morgan fingerprint density at radius 2 is 1.94 bits per heavy atom. The molecular weight excluding hydrogens is 432 g/mol. The van der Waals surface area contributed by atoms with Crippen molar-refractivity contribution in [3.63, 3.8) is 0 Å². The second-order valence-corrected chi connectivity index (χ2v) is 8.21. The minimum Gasteiger partial charge on any atom is -0.493 e. The highest BCUT2D eigenvalue weighted by molar-refractivity contribution is 5.94. The van der Waals surface area contributed by atoms with Crippen molar-refractivity contribution in [2.45, 2.75) is 25.9 Å². The van der Waals surface area contributed by atoms with Crippen molar-refractivity contribution in [3.8, 4) is 22.6 Å². The lowest BCUT2D eigenvalue weighted by atomic mass is 10.1. The van der Waals surface area contributed by atoms with E-state index in [4.69, 9.17) is 10.5 Å². The zero-order chi connectivity index (χ0) is 24.7. The minimum absolute atomic E-state index is 0.220. The van der Waals surface area contributed by atoms with E-state index in [-0.39, 0.29) is 5.56 Å². The van der Waals surface area contributed by atoms with Crippen LogP contribution in [0.15, 0.2) is 72.7 Å². The van der Waals surface area contributed by atoms with Gasteiger partial charge in [0.15, 0.2) is 5.65 Å². The summed E-state index contributed by atoms with van der Waals surface area (Å²) in [6, 6.07) is 11.0. The molecule has 5 N–H and O–H groups in total. The second kappa shape index (κ2) is 10.7. The van der Waals surface area contributed by atoms with E-state index in [1.165, 1.54) is 6.33 Å². The van der Waals surface area contributed by atoms with Crippen LogP contribution in [0.25, 0.3) is 27.8 Å². The maximum absolute atomic E-state index is 12.6. The molecule has 9 nitrogen and oxygen atoms in total. The number of aromatic nitrogens is 4. The molecule has 0 spiro atoms. The van der Waals surface area contributed by atoms with E-state index >= 15 is 0 Å². The molecular formula is C25H30N6O3. The average molecular weight is 463 g/mol. The van der Waals surface area contributed by atoms with Crippen molar-refractivity contribution >= 4 is 16.9 Å². The lowest BCUT2D eigenvalue weighted by molar-refractivity contribution is 0.0553. The monoisotopic (exact) mass is 462 g/mol. The first-order valence-corrected chi connectivity index (χ1v) is 10.8. The first-order chi connectivity index (χ1) is 16.2. The van der Waals surface area contributed by atoms with Gasteiger partial charge < -0.3 is 25.9 Å². The van der Waals surface area contributed by atoms with Crippen molar-refractivity contribution < 1.29 is 9.84 Å². The molecule has 0 radical (unpaired) electrons. The van der Waals surface area contributed by atoms with Crippen LogP contribution < -0.4 is 21.3 Å². The number of rotatable bonds is 7. The maximum atomic E-state index is 12.6. The number of nitrogen functional groups attached to an aromatic ring is 1. The number of hydrogen-bond donors (Lipinski definition) is 4. The number of hydrogen-bond acceptors (Lipinski definition) is 7. The molecule has 0 aliphatic carbocycles. The summed E-state index contributed by atoms with van der Waals surface area (Å²) in [5.74, 6) is 1.11. The van der Waals surface area contributed by atoms with Gasteiger partial charge in [-0.15, -0.1) is 0 Å². The van der Waals surface area contributed by atoms with Gasteiger partial charge in [0, 0.05) is 25.2 Å². The zero-order valence-electron chi connectivity index (χ0n) is 19.6. The number of nitrogens with two attached hydrogens (primary N) is 1. The van der Waals surface area contributed by atoms with Crippen LogP contribution in [0, 0.1) is 0 Å². The summed E-state index contributed by atoms with van der Waals surface area (Å²) >= 11 is 0. The molecule has 0 fully saturated rings. The standard InChI is InChI=1S/C22H23N5O3.C3H7N/c1-22(2,29)9-10-30-16-6-3-14(4-7-16)17-12-27(15-5-8-18(23)24-11-15)20-19(17)21(28)26-13-25-20;1-3-4-2/h3-8,11-13,29H,9-10H2,1-2H3,(H2,23,24)(H,25,26,28);3-4H,1H2,2H3. The topological polar surface area (TPSA) is 131 Å². The molecule has 3 aromatic heterocycles. The summed E-state index contributed by atoms with van der Waals surface area (Å²) in [5, 5.41) is 13.0. The third-order valence-corrected chi connectivity index (χ3v) is 4.99. The molecule has 3 heterocycles. The Morgan fingerprint density at radius 1 is 1.24 bits per heavy atom. The van der Waals surface area contributed by atoms with Gasteiger partial charge in [0.1, 0.15) is 11.6 Å². The lowest BCUT2D eigenvalue weighted by Crippen LogP contribution is -2.21. The largest absolute Gasteiger partial charge is 0.493 e. The van der Waals surface area contributed by atoms with E-state index < -0.39 is 5.60 Å². The molecule has 0 bridgehead atoms. The number of anilines is 1. The molecule has 0 saturated carbocycles. The molecule has 9 heteroatoms. The highest BCUT2D eigenvalue weighted by Crippen LogP contribution is 2.30. The third-order valence-electron chi connectivity index (χ3n) is 4.99. The lowest BCUT2D eigenvalue weighted by Gasteiger charge is -2.17. The quantitative estimate of drug-likeness (QED) is 0.332. The van der Waals surface area contributed by atoms with E-state index in [0.717, 1.165) is 16.8 Å². The van der Waals surface area contributed by atoms with Crippen LogP contribution in [0.1, 0.15) is 20.3 Å². The van der Waals surface area contributed by atoms with Crippen LogP contribution in [0.3, 0.4) is 0 Å². The van der Waals surface area contributed by atoms with Gasteiger partial charge in [-0.2, -0.15) is 0 Å². The molecule has 0 atom stereocenters. The van der Waals surface area contributed by atoms with Crippen LogP contribution in [0.4, 0.5) is 5.82 Å². The third kappa shape index (κ3) is 6.02. The summed E-state index contributed by atoms with van der Waals surface area (Å²) in [6.45, 7) is 7.28. The van der Waals surface area contributed by atoms with E-state index in [1.54, 1.807) is 32.3 Å². The molecule has 0 unspecified atom stereocenters. The maximum Gasteiger partial charge on any atom is 0.260 e. The molecule has 0 amide bonds.